The molecule has 0 aliphatic rings. The van der Waals surface area contributed by atoms with E-state index in [9.17, 15) is 13.2 Å². The van der Waals surface area contributed by atoms with Crippen LogP contribution in [0.15, 0.2) is 64.0 Å². The smallest absolute Gasteiger partial charge is 0.338 e. The molecule has 0 N–H and O–H groups in total. The molecule has 0 atom stereocenters. The molecule has 0 aliphatic heterocycles. The maximum Gasteiger partial charge on any atom is 0.338 e. The Morgan fingerprint density at radius 1 is 1.03 bits per heavy atom. The van der Waals surface area contributed by atoms with E-state index in [1.165, 1.54) is 28.6 Å². The van der Waals surface area contributed by atoms with Gasteiger partial charge in [0.25, 0.3) is 5.89 Å². The topological polar surface area (TPSA) is 103 Å². The summed E-state index contributed by atoms with van der Waals surface area (Å²) in [7, 11) is -3.57. The highest BCUT2D eigenvalue weighted by atomic mass is 32.2. The number of carbonyl (C=O) groups is 1. The van der Waals surface area contributed by atoms with Crippen LogP contribution in [0, 0.1) is 0 Å². The van der Waals surface area contributed by atoms with E-state index in [1.807, 2.05) is 30.3 Å². The summed E-state index contributed by atoms with van der Waals surface area (Å²) >= 11 is 0. The normalized spacial score (nSPS) is 11.6. The summed E-state index contributed by atoms with van der Waals surface area (Å²) in [4.78, 5) is 16.5. The van der Waals surface area contributed by atoms with Gasteiger partial charge in [-0.05, 0) is 24.3 Å². The van der Waals surface area contributed by atoms with Crippen LogP contribution in [0.3, 0.4) is 0 Å². The first-order valence-corrected chi connectivity index (χ1v) is 10.5. The third kappa shape index (κ3) is 4.69. The molecule has 1 heterocycles. The van der Waals surface area contributed by atoms with Gasteiger partial charge in [0.05, 0.1) is 10.5 Å². The van der Waals surface area contributed by atoms with E-state index in [-0.39, 0.29) is 23.0 Å². The molecule has 0 saturated heterocycles. The van der Waals surface area contributed by atoms with Crippen molar-refractivity contribution in [2.75, 3.05) is 13.1 Å². The Bertz CT molecular complexity index is 1060. The lowest BCUT2D eigenvalue weighted by Gasteiger charge is -2.18. The van der Waals surface area contributed by atoms with Crippen LogP contribution in [0.4, 0.5) is 0 Å². The Hall–Kier alpha value is -3.04. The maximum absolute atomic E-state index is 12.5. The number of nitrogens with zero attached hydrogens (tertiary/aromatic N) is 3. The van der Waals surface area contributed by atoms with E-state index in [0.29, 0.717) is 18.9 Å². The molecule has 0 spiro atoms. The van der Waals surface area contributed by atoms with Gasteiger partial charge < -0.3 is 9.26 Å². The van der Waals surface area contributed by atoms with Gasteiger partial charge in [-0.3, -0.25) is 0 Å². The molecule has 2 aromatic carbocycles. The van der Waals surface area contributed by atoms with Crippen molar-refractivity contribution in [1.82, 2.24) is 14.4 Å². The van der Waals surface area contributed by atoms with Gasteiger partial charge in [-0.25, -0.2) is 13.2 Å². The van der Waals surface area contributed by atoms with E-state index in [0.717, 1.165) is 5.56 Å². The van der Waals surface area contributed by atoms with Gasteiger partial charge >= 0.3 is 5.97 Å². The second kappa shape index (κ2) is 8.97. The summed E-state index contributed by atoms with van der Waals surface area (Å²) in [6.45, 7) is 4.11. The Morgan fingerprint density at radius 2 is 1.69 bits per heavy atom. The van der Waals surface area contributed by atoms with Gasteiger partial charge in [-0.1, -0.05) is 49.3 Å². The molecule has 0 bridgehead atoms. The van der Waals surface area contributed by atoms with Crippen LogP contribution in [0.2, 0.25) is 0 Å². The molecule has 9 heteroatoms. The molecule has 0 saturated carbocycles. The fraction of sp³-hybridized carbons (Fsp3) is 0.250. The number of hydrogen-bond acceptors (Lipinski definition) is 7. The van der Waals surface area contributed by atoms with Crippen molar-refractivity contribution >= 4 is 16.0 Å². The van der Waals surface area contributed by atoms with E-state index in [1.54, 1.807) is 13.8 Å². The van der Waals surface area contributed by atoms with E-state index >= 15 is 0 Å². The van der Waals surface area contributed by atoms with Crippen molar-refractivity contribution in [3.63, 3.8) is 0 Å². The van der Waals surface area contributed by atoms with Gasteiger partial charge in [-0.2, -0.15) is 9.29 Å². The highest BCUT2D eigenvalue weighted by molar-refractivity contribution is 7.89. The Balaban J connectivity index is 1.64. The summed E-state index contributed by atoms with van der Waals surface area (Å²) in [5.41, 5.74) is 1.02. The first-order valence-electron chi connectivity index (χ1n) is 9.11. The number of ether oxygens (including phenoxy) is 1. The zero-order valence-corrected chi connectivity index (χ0v) is 16.9. The highest BCUT2D eigenvalue weighted by Crippen LogP contribution is 2.18. The monoisotopic (exact) mass is 415 g/mol. The number of benzene rings is 2. The lowest BCUT2D eigenvalue weighted by molar-refractivity contribution is 0.0429. The van der Waals surface area contributed by atoms with Gasteiger partial charge in [-0.15, -0.1) is 0 Å². The first kappa shape index (κ1) is 20.7. The van der Waals surface area contributed by atoms with E-state index < -0.39 is 16.0 Å². The predicted molar refractivity (Wildman–Crippen MR) is 105 cm³/mol. The molecule has 1 aromatic heterocycles. The molecule has 3 rings (SSSR count). The van der Waals surface area contributed by atoms with Gasteiger partial charge in [0, 0.05) is 18.7 Å². The Kier molecular flexibility index (Phi) is 6.40. The molecular weight excluding hydrogens is 394 g/mol. The largest absolute Gasteiger partial charge is 0.452 e. The standard InChI is InChI=1S/C20H21N3O5S/c1-3-23(4-2)29(25,26)17-12-10-16(11-13-17)20(24)27-14-18-21-19(22-28-18)15-8-6-5-7-9-15/h5-13H,3-4,14H2,1-2H3. The van der Waals surface area contributed by atoms with Gasteiger partial charge in [0.1, 0.15) is 0 Å². The number of aromatic nitrogens is 2. The zero-order chi connectivity index (χ0) is 20.9. The third-order valence-electron chi connectivity index (χ3n) is 4.26. The number of rotatable bonds is 8. The van der Waals surface area contributed by atoms with Crippen molar-refractivity contribution in [3.05, 3.63) is 66.1 Å². The fourth-order valence-electron chi connectivity index (χ4n) is 2.70. The van der Waals surface area contributed by atoms with Crippen LogP contribution < -0.4 is 0 Å². The van der Waals surface area contributed by atoms with Crippen LogP contribution in [-0.2, 0) is 21.4 Å². The van der Waals surface area contributed by atoms with Crippen molar-refractivity contribution < 1.29 is 22.5 Å². The van der Waals surface area contributed by atoms with E-state index in [4.69, 9.17) is 9.26 Å². The second-order valence-corrected chi connectivity index (χ2v) is 8.01. The molecule has 152 valence electrons. The summed E-state index contributed by atoms with van der Waals surface area (Å²) < 4.78 is 36.6. The van der Waals surface area contributed by atoms with Crippen molar-refractivity contribution in [2.45, 2.75) is 25.3 Å². The number of sulfonamides is 1. The van der Waals surface area contributed by atoms with Crippen LogP contribution in [0.1, 0.15) is 30.1 Å². The minimum absolute atomic E-state index is 0.127. The second-order valence-electron chi connectivity index (χ2n) is 6.07. The van der Waals surface area contributed by atoms with Crippen molar-refractivity contribution in [2.24, 2.45) is 0 Å². The molecule has 3 aromatic rings. The minimum Gasteiger partial charge on any atom is -0.452 e. The SMILES string of the molecule is CCN(CC)S(=O)(=O)c1ccc(C(=O)OCc2nc(-c3ccccc3)no2)cc1. The summed E-state index contributed by atoms with van der Waals surface area (Å²) in [6, 6.07) is 14.9. The van der Waals surface area contributed by atoms with Crippen molar-refractivity contribution in [3.8, 4) is 11.4 Å². The molecule has 0 fully saturated rings. The highest BCUT2D eigenvalue weighted by Gasteiger charge is 2.22. The van der Waals surface area contributed by atoms with Crippen LogP contribution in [-0.4, -0.2) is 41.9 Å². The first-order chi connectivity index (χ1) is 14.0. The lowest BCUT2D eigenvalue weighted by atomic mass is 10.2. The molecule has 8 nitrogen and oxygen atoms in total. The Labute approximate surface area is 169 Å². The molecule has 0 aliphatic carbocycles. The molecule has 0 radical (unpaired) electrons. The van der Waals surface area contributed by atoms with E-state index in [2.05, 4.69) is 10.1 Å². The third-order valence-corrected chi connectivity index (χ3v) is 6.32. The lowest BCUT2D eigenvalue weighted by Crippen LogP contribution is -2.30. The predicted octanol–water partition coefficient (Wildman–Crippen LogP) is 3.12. The van der Waals surface area contributed by atoms with Crippen LogP contribution in [0.25, 0.3) is 11.4 Å². The number of esters is 1. The fourth-order valence-corrected chi connectivity index (χ4v) is 4.16. The summed E-state index contributed by atoms with van der Waals surface area (Å²) in [5, 5.41) is 3.86. The number of carbonyl (C=O) groups excluding carboxylic acids is 1. The van der Waals surface area contributed by atoms with Crippen LogP contribution in [0.5, 0.6) is 0 Å². The molecule has 29 heavy (non-hydrogen) atoms. The molecular formula is C20H21N3O5S. The molecule has 0 unspecified atom stereocenters. The average Bonchev–Trinajstić information content (AvgIpc) is 3.22. The maximum atomic E-state index is 12.5. The van der Waals surface area contributed by atoms with Gasteiger partial charge in [0.2, 0.25) is 15.8 Å². The zero-order valence-electron chi connectivity index (χ0n) is 16.1. The minimum atomic E-state index is -3.57. The summed E-state index contributed by atoms with van der Waals surface area (Å²) in [6.07, 6.45) is 0. The summed E-state index contributed by atoms with van der Waals surface area (Å²) in [5.74, 6) is -0.0446. The quantitative estimate of drug-likeness (QED) is 0.521. The van der Waals surface area contributed by atoms with Gasteiger partial charge in [0.15, 0.2) is 6.61 Å². The van der Waals surface area contributed by atoms with Crippen LogP contribution >= 0.6 is 0 Å². The van der Waals surface area contributed by atoms with Crippen molar-refractivity contribution in [1.29, 1.82) is 0 Å². The number of hydrogen-bond donors (Lipinski definition) is 0. The molecule has 0 amide bonds. The average molecular weight is 415 g/mol. The Morgan fingerprint density at radius 3 is 2.31 bits per heavy atom.